The number of nitrogens with zero attached hydrogens (tertiary/aromatic N) is 1. The fourth-order valence-electron chi connectivity index (χ4n) is 3.66. The topological polar surface area (TPSA) is 127 Å². The van der Waals surface area contributed by atoms with Crippen molar-refractivity contribution in [1.82, 2.24) is 10.7 Å². The number of hydrazone groups is 1. The number of hydrogen-bond donors (Lipinski definition) is 3. The molecule has 0 aromatic heterocycles. The molecule has 0 spiro atoms. The predicted molar refractivity (Wildman–Crippen MR) is 146 cm³/mol. The van der Waals surface area contributed by atoms with Gasteiger partial charge in [-0.25, -0.2) is 5.43 Å². The van der Waals surface area contributed by atoms with Gasteiger partial charge in [0.1, 0.15) is 18.1 Å². The molecule has 1 heterocycles. The molecule has 10 heteroatoms. The highest BCUT2D eigenvalue weighted by Gasteiger charge is 2.16. The number of ether oxygens (including phenoxy) is 3. The van der Waals surface area contributed by atoms with Crippen molar-refractivity contribution in [3.05, 3.63) is 90.0 Å². The molecular formula is C29H30N4O6. The quantitative estimate of drug-likeness (QED) is 0.199. The van der Waals surface area contributed by atoms with Crippen LogP contribution in [0.4, 0.5) is 5.69 Å². The monoisotopic (exact) mass is 530 g/mol. The van der Waals surface area contributed by atoms with E-state index in [0.29, 0.717) is 35.9 Å². The van der Waals surface area contributed by atoms with E-state index in [1.54, 1.807) is 48.5 Å². The van der Waals surface area contributed by atoms with Crippen LogP contribution in [-0.4, -0.2) is 49.8 Å². The van der Waals surface area contributed by atoms with E-state index in [0.717, 1.165) is 25.0 Å². The summed E-state index contributed by atoms with van der Waals surface area (Å²) in [5.74, 6) is -0.833. The average molecular weight is 531 g/mol. The summed E-state index contributed by atoms with van der Waals surface area (Å²) in [7, 11) is 0. The summed E-state index contributed by atoms with van der Waals surface area (Å²) >= 11 is 0. The van der Waals surface area contributed by atoms with Gasteiger partial charge in [-0.15, -0.1) is 0 Å². The number of benzene rings is 3. The number of rotatable bonds is 11. The van der Waals surface area contributed by atoms with Crippen LogP contribution in [0.3, 0.4) is 0 Å². The molecular weight excluding hydrogens is 500 g/mol. The molecule has 3 aromatic carbocycles. The summed E-state index contributed by atoms with van der Waals surface area (Å²) in [5.41, 5.74) is 4.35. The van der Waals surface area contributed by atoms with Crippen molar-refractivity contribution < 1.29 is 28.6 Å². The highest BCUT2D eigenvalue weighted by atomic mass is 16.5. The van der Waals surface area contributed by atoms with Gasteiger partial charge in [0.05, 0.1) is 12.3 Å². The molecule has 4 rings (SSSR count). The number of nitrogens with one attached hydrogen (secondary N) is 3. The maximum absolute atomic E-state index is 12.2. The minimum absolute atomic E-state index is 0.0797. The number of amides is 3. The first-order valence-corrected chi connectivity index (χ1v) is 12.6. The van der Waals surface area contributed by atoms with Gasteiger partial charge in [-0.2, -0.15) is 5.10 Å². The number of hydrogen-bond acceptors (Lipinski definition) is 7. The second-order valence-electron chi connectivity index (χ2n) is 8.75. The second kappa shape index (κ2) is 14.3. The summed E-state index contributed by atoms with van der Waals surface area (Å²) in [4.78, 5) is 36.2. The molecule has 39 heavy (non-hydrogen) atoms. The largest absolute Gasteiger partial charge is 0.489 e. The molecule has 0 unspecified atom stereocenters. The SMILES string of the molecule is O=C(COc1ccc(/C=N\NC(=O)C(=O)Nc2ccc(OCc3ccccc3)cc2)cc1)NC[C@H]1CCCO1. The Kier molecular flexibility index (Phi) is 10.0. The van der Waals surface area contributed by atoms with Gasteiger partial charge >= 0.3 is 11.8 Å². The molecule has 3 N–H and O–H groups in total. The normalized spacial score (nSPS) is 14.5. The van der Waals surface area contributed by atoms with Crippen molar-refractivity contribution >= 4 is 29.6 Å². The zero-order valence-corrected chi connectivity index (χ0v) is 21.3. The lowest BCUT2D eigenvalue weighted by atomic mass is 10.2. The fraction of sp³-hybridized carbons (Fsp3) is 0.241. The Bertz CT molecular complexity index is 1260. The van der Waals surface area contributed by atoms with Crippen molar-refractivity contribution in [3.8, 4) is 11.5 Å². The summed E-state index contributed by atoms with van der Waals surface area (Å²) in [6, 6.07) is 23.2. The summed E-state index contributed by atoms with van der Waals surface area (Å²) in [5, 5.41) is 9.12. The smallest absolute Gasteiger partial charge is 0.329 e. The van der Waals surface area contributed by atoms with Crippen molar-refractivity contribution in [2.45, 2.75) is 25.6 Å². The van der Waals surface area contributed by atoms with Crippen LogP contribution < -0.4 is 25.5 Å². The Hall–Kier alpha value is -4.70. The number of anilines is 1. The highest BCUT2D eigenvalue weighted by Crippen LogP contribution is 2.17. The first kappa shape index (κ1) is 27.3. The average Bonchev–Trinajstić information content (AvgIpc) is 3.49. The first-order chi connectivity index (χ1) is 19.0. The standard InChI is InChI=1S/C29H30N4O6/c34-27(30-18-26-7-4-16-37-26)20-39-24-12-8-21(9-13-24)17-31-33-29(36)28(35)32-23-10-14-25(15-11-23)38-19-22-5-2-1-3-6-22/h1-3,5-6,8-15,17,26H,4,7,16,18-20H2,(H,30,34)(H,32,35)(H,33,36)/b31-17-/t26-/m1/s1. The van der Waals surface area contributed by atoms with Crippen LogP contribution in [0, 0.1) is 0 Å². The Morgan fingerprint density at radius 3 is 2.33 bits per heavy atom. The van der Waals surface area contributed by atoms with Gasteiger partial charge < -0.3 is 24.8 Å². The zero-order valence-electron chi connectivity index (χ0n) is 21.3. The molecule has 202 valence electrons. The minimum Gasteiger partial charge on any atom is -0.489 e. The van der Waals surface area contributed by atoms with Crippen LogP contribution in [0.5, 0.6) is 11.5 Å². The van der Waals surface area contributed by atoms with Crippen molar-refractivity contribution in [3.63, 3.8) is 0 Å². The van der Waals surface area contributed by atoms with Crippen molar-refractivity contribution in [2.75, 3.05) is 25.1 Å². The van der Waals surface area contributed by atoms with Gasteiger partial charge in [0.25, 0.3) is 5.91 Å². The van der Waals surface area contributed by atoms with Gasteiger partial charge in [-0.05, 0) is 72.5 Å². The maximum Gasteiger partial charge on any atom is 0.329 e. The van der Waals surface area contributed by atoms with Gasteiger partial charge in [-0.1, -0.05) is 30.3 Å². The molecule has 1 aliphatic heterocycles. The summed E-state index contributed by atoms with van der Waals surface area (Å²) < 4.78 is 16.7. The van der Waals surface area contributed by atoms with Crippen molar-refractivity contribution in [2.24, 2.45) is 5.10 Å². The molecule has 3 amide bonds. The van der Waals surface area contributed by atoms with Crippen LogP contribution >= 0.6 is 0 Å². The third-order valence-electron chi connectivity index (χ3n) is 5.75. The van der Waals surface area contributed by atoms with Crippen LogP contribution in [0.2, 0.25) is 0 Å². The predicted octanol–water partition coefficient (Wildman–Crippen LogP) is 3.03. The fourth-order valence-corrected chi connectivity index (χ4v) is 3.66. The lowest BCUT2D eigenvalue weighted by Crippen LogP contribution is -2.35. The summed E-state index contributed by atoms with van der Waals surface area (Å²) in [6.07, 6.45) is 3.44. The molecule has 1 saturated heterocycles. The molecule has 0 saturated carbocycles. The van der Waals surface area contributed by atoms with E-state index in [2.05, 4.69) is 21.2 Å². The second-order valence-corrected chi connectivity index (χ2v) is 8.75. The molecule has 1 aliphatic rings. The van der Waals surface area contributed by atoms with Crippen LogP contribution in [-0.2, 0) is 25.7 Å². The Balaban J connectivity index is 1.14. The number of carbonyl (C=O) groups excluding carboxylic acids is 3. The molecule has 3 aromatic rings. The van der Waals surface area contributed by atoms with Crippen molar-refractivity contribution in [1.29, 1.82) is 0 Å². The first-order valence-electron chi connectivity index (χ1n) is 12.6. The zero-order chi connectivity index (χ0) is 27.3. The van der Waals surface area contributed by atoms with Gasteiger partial charge in [0.15, 0.2) is 6.61 Å². The Morgan fingerprint density at radius 1 is 0.897 bits per heavy atom. The minimum atomic E-state index is -0.912. The third-order valence-corrected chi connectivity index (χ3v) is 5.75. The maximum atomic E-state index is 12.2. The van der Waals surface area contributed by atoms with Gasteiger partial charge in [0, 0.05) is 18.8 Å². The van der Waals surface area contributed by atoms with E-state index in [9.17, 15) is 14.4 Å². The Labute approximate surface area is 226 Å². The highest BCUT2D eigenvalue weighted by molar-refractivity contribution is 6.39. The van der Waals surface area contributed by atoms with Crippen LogP contribution in [0.25, 0.3) is 0 Å². The molecule has 10 nitrogen and oxygen atoms in total. The van der Waals surface area contributed by atoms with E-state index in [4.69, 9.17) is 14.2 Å². The van der Waals surface area contributed by atoms with Crippen LogP contribution in [0.1, 0.15) is 24.0 Å². The Morgan fingerprint density at radius 2 is 1.62 bits per heavy atom. The molecule has 1 fully saturated rings. The van der Waals surface area contributed by atoms with Crippen LogP contribution in [0.15, 0.2) is 84.0 Å². The lowest BCUT2D eigenvalue weighted by molar-refractivity contribution is -0.136. The lowest BCUT2D eigenvalue weighted by Gasteiger charge is -2.11. The van der Waals surface area contributed by atoms with E-state index in [-0.39, 0.29) is 18.6 Å². The molecule has 1 atom stereocenters. The van der Waals surface area contributed by atoms with E-state index >= 15 is 0 Å². The van der Waals surface area contributed by atoms with E-state index < -0.39 is 11.8 Å². The van der Waals surface area contributed by atoms with E-state index in [1.165, 1.54) is 6.21 Å². The van der Waals surface area contributed by atoms with Gasteiger partial charge in [0.2, 0.25) is 0 Å². The van der Waals surface area contributed by atoms with E-state index in [1.807, 2.05) is 30.3 Å². The molecule has 0 aliphatic carbocycles. The molecule has 0 bridgehead atoms. The summed E-state index contributed by atoms with van der Waals surface area (Å²) in [6.45, 7) is 1.55. The van der Waals surface area contributed by atoms with Gasteiger partial charge in [-0.3, -0.25) is 14.4 Å². The molecule has 0 radical (unpaired) electrons. The number of carbonyl (C=O) groups is 3. The third kappa shape index (κ3) is 9.28.